The van der Waals surface area contributed by atoms with E-state index in [-0.39, 0.29) is 33.8 Å². The van der Waals surface area contributed by atoms with Crippen LogP contribution in [0.2, 0.25) is 0 Å². The van der Waals surface area contributed by atoms with Gasteiger partial charge in [-0.15, -0.1) is 13.2 Å². The molecule has 2 amide bonds. The average molecular weight is 483 g/mol. The molecule has 3 N–H and O–H groups in total. The maximum atomic E-state index is 13.4. The fourth-order valence-electron chi connectivity index (χ4n) is 4.16. The molecule has 1 atom stereocenters. The number of hydrogen-bond donors (Lipinski definition) is 3. The number of nitrogens with one attached hydrogen (secondary N) is 2. The average Bonchev–Trinajstić information content (AvgIpc) is 3.29. The summed E-state index contributed by atoms with van der Waals surface area (Å²) in [6, 6.07) is 15.4. The van der Waals surface area contributed by atoms with Crippen molar-refractivity contribution < 1.29 is 37.7 Å². The van der Waals surface area contributed by atoms with Gasteiger partial charge >= 0.3 is 6.36 Å². The first-order valence-electron chi connectivity index (χ1n) is 10.1. The van der Waals surface area contributed by atoms with Crippen molar-refractivity contribution in [2.24, 2.45) is 0 Å². The third kappa shape index (κ3) is 3.69. The Balaban J connectivity index is 1.71. The van der Waals surface area contributed by atoms with Crippen molar-refractivity contribution in [3.63, 3.8) is 0 Å². The molecule has 1 aliphatic heterocycles. The largest absolute Gasteiger partial charge is 0.573 e. The Morgan fingerprint density at radius 1 is 1.11 bits per heavy atom. The molecular formula is C23H14F3N4O5-. The molecule has 178 valence electrons. The first-order chi connectivity index (χ1) is 16.6. The van der Waals surface area contributed by atoms with E-state index in [1.54, 1.807) is 12.1 Å². The van der Waals surface area contributed by atoms with Crippen LogP contribution in [0.15, 0.2) is 66.7 Å². The summed E-state index contributed by atoms with van der Waals surface area (Å²) in [5.41, 5.74) is -1.60. The van der Waals surface area contributed by atoms with Crippen molar-refractivity contribution in [1.82, 2.24) is 9.97 Å². The van der Waals surface area contributed by atoms with Crippen LogP contribution in [0.25, 0.3) is 11.0 Å². The zero-order valence-electron chi connectivity index (χ0n) is 17.5. The van der Waals surface area contributed by atoms with Crippen LogP contribution in [0.3, 0.4) is 0 Å². The zero-order chi connectivity index (χ0) is 25.0. The van der Waals surface area contributed by atoms with E-state index in [0.717, 1.165) is 11.0 Å². The summed E-state index contributed by atoms with van der Waals surface area (Å²) in [5.74, 6) is -1.55. The van der Waals surface area contributed by atoms with Gasteiger partial charge in [0.1, 0.15) is 6.09 Å². The van der Waals surface area contributed by atoms with Crippen molar-refractivity contribution in [2.75, 3.05) is 10.2 Å². The predicted molar refractivity (Wildman–Crippen MR) is 114 cm³/mol. The van der Waals surface area contributed by atoms with Gasteiger partial charge in [-0.2, -0.15) is 0 Å². The number of benzene rings is 3. The summed E-state index contributed by atoms with van der Waals surface area (Å²) in [5, 5.41) is 24.8. The molecule has 1 unspecified atom stereocenters. The number of ether oxygens (including phenoxy) is 1. The van der Waals surface area contributed by atoms with E-state index in [4.69, 9.17) is 0 Å². The highest BCUT2D eigenvalue weighted by atomic mass is 19.4. The van der Waals surface area contributed by atoms with Gasteiger partial charge in [-0.3, -0.25) is 9.69 Å². The number of carboxylic acid groups (broad SMARTS) is 1. The Morgan fingerprint density at radius 3 is 2.57 bits per heavy atom. The van der Waals surface area contributed by atoms with E-state index in [2.05, 4.69) is 14.7 Å². The number of nitrogens with zero attached hydrogens (tertiary/aromatic N) is 2. The van der Waals surface area contributed by atoms with E-state index in [1.165, 1.54) is 48.5 Å². The molecule has 1 aromatic heterocycles. The molecule has 0 spiro atoms. The highest BCUT2D eigenvalue weighted by Gasteiger charge is 2.52. The van der Waals surface area contributed by atoms with Crippen LogP contribution < -0.4 is 20.1 Å². The van der Waals surface area contributed by atoms with Gasteiger partial charge in [-0.25, -0.2) is 4.98 Å². The number of para-hydroxylation sites is 2. The molecule has 12 heteroatoms. The summed E-state index contributed by atoms with van der Waals surface area (Å²) < 4.78 is 43.4. The molecule has 9 nitrogen and oxygen atoms in total. The topological polar surface area (TPSA) is 131 Å². The summed E-state index contributed by atoms with van der Waals surface area (Å²) in [6.45, 7) is 0. The molecule has 0 saturated carbocycles. The Kier molecular flexibility index (Phi) is 4.91. The number of carbonyl (C=O) groups excluding carboxylic acids is 2. The van der Waals surface area contributed by atoms with Crippen LogP contribution in [-0.4, -0.2) is 33.4 Å². The van der Waals surface area contributed by atoms with Crippen LogP contribution in [0.1, 0.15) is 21.5 Å². The molecule has 0 saturated heterocycles. The number of alkyl halides is 3. The van der Waals surface area contributed by atoms with Crippen LogP contribution in [0, 0.1) is 0 Å². The van der Waals surface area contributed by atoms with Crippen LogP contribution in [-0.2, 0) is 5.72 Å². The lowest BCUT2D eigenvalue weighted by molar-refractivity contribution is -0.274. The molecule has 0 aliphatic carbocycles. The fourth-order valence-corrected chi connectivity index (χ4v) is 4.16. The van der Waals surface area contributed by atoms with Crippen LogP contribution in [0.4, 0.5) is 29.6 Å². The van der Waals surface area contributed by atoms with E-state index < -0.39 is 29.8 Å². The van der Waals surface area contributed by atoms with Crippen molar-refractivity contribution in [1.29, 1.82) is 0 Å². The van der Waals surface area contributed by atoms with Gasteiger partial charge in [0.05, 0.1) is 16.7 Å². The number of rotatable bonds is 4. The number of aromatic nitrogens is 2. The third-order valence-corrected chi connectivity index (χ3v) is 5.50. The van der Waals surface area contributed by atoms with E-state index >= 15 is 0 Å². The van der Waals surface area contributed by atoms with Crippen LogP contribution >= 0.6 is 0 Å². The molecule has 1 aliphatic rings. The molecule has 0 bridgehead atoms. The number of H-pyrrole nitrogens is 1. The second-order valence-corrected chi connectivity index (χ2v) is 7.60. The normalized spacial score (nSPS) is 17.5. The molecule has 35 heavy (non-hydrogen) atoms. The van der Waals surface area contributed by atoms with Gasteiger partial charge in [-0.1, -0.05) is 36.4 Å². The number of aliphatic hydroxyl groups is 1. The number of anilines is 2. The van der Waals surface area contributed by atoms with E-state index in [9.17, 15) is 33.0 Å². The predicted octanol–water partition coefficient (Wildman–Crippen LogP) is 3.07. The van der Waals surface area contributed by atoms with Crippen molar-refractivity contribution in [3.8, 4) is 5.75 Å². The highest BCUT2D eigenvalue weighted by Crippen LogP contribution is 2.48. The molecule has 0 fully saturated rings. The van der Waals surface area contributed by atoms with Gasteiger partial charge in [0, 0.05) is 16.7 Å². The number of halogens is 3. The quantitative estimate of drug-likeness (QED) is 0.409. The third-order valence-electron chi connectivity index (χ3n) is 5.50. The van der Waals surface area contributed by atoms with E-state index in [0.29, 0.717) is 5.52 Å². The second-order valence-electron chi connectivity index (χ2n) is 7.60. The number of carbonyl (C=O) groups is 2. The standard InChI is InChI=1S/C23H15F3N4O5/c24-23(25,26)35-18-8-4-3-7-17(18)30-19(31)13-5-1-2-6-14(13)22(30,34)12-9-10-15-16(11-12)28-20(27-15)29-21(32)33/h1-11,34H,(H,32,33)(H2,27,28,29)/p-1. The van der Waals surface area contributed by atoms with Crippen LogP contribution in [0.5, 0.6) is 5.75 Å². The van der Waals surface area contributed by atoms with E-state index in [1.807, 2.05) is 5.32 Å². The number of fused-ring (bicyclic) bond motifs is 2. The monoisotopic (exact) mass is 483 g/mol. The Bertz CT molecular complexity index is 1490. The van der Waals surface area contributed by atoms with Crippen molar-refractivity contribution >= 4 is 34.7 Å². The molecule has 0 radical (unpaired) electrons. The van der Waals surface area contributed by atoms with Crippen molar-refractivity contribution in [2.45, 2.75) is 12.1 Å². The second kappa shape index (κ2) is 7.74. The number of aromatic amines is 1. The minimum atomic E-state index is -5.04. The highest BCUT2D eigenvalue weighted by molar-refractivity contribution is 6.13. The summed E-state index contributed by atoms with van der Waals surface area (Å²) >= 11 is 0. The smallest absolute Gasteiger partial charge is 0.530 e. The first-order valence-corrected chi connectivity index (χ1v) is 10.1. The zero-order valence-corrected chi connectivity index (χ0v) is 17.5. The van der Waals surface area contributed by atoms with Gasteiger partial charge in [0.2, 0.25) is 5.95 Å². The minimum Gasteiger partial charge on any atom is -0.530 e. The van der Waals surface area contributed by atoms with Gasteiger partial charge in [0.15, 0.2) is 11.5 Å². The maximum absolute atomic E-state index is 13.4. The summed E-state index contributed by atoms with van der Waals surface area (Å²) in [6.07, 6.45) is -6.63. The van der Waals surface area contributed by atoms with Crippen molar-refractivity contribution in [3.05, 3.63) is 83.4 Å². The summed E-state index contributed by atoms with van der Waals surface area (Å²) in [4.78, 5) is 31.8. The Labute approximate surface area is 194 Å². The molecule has 5 rings (SSSR count). The van der Waals surface area contributed by atoms with Gasteiger partial charge in [0.25, 0.3) is 5.91 Å². The molecule has 3 aromatic carbocycles. The molecule has 2 heterocycles. The number of hydrogen-bond acceptors (Lipinski definition) is 6. The van der Waals surface area contributed by atoms with Gasteiger partial charge < -0.3 is 30.0 Å². The SMILES string of the molecule is O=C([O-])Nc1nc2ccc(C3(O)c4ccccc4C(=O)N3c3ccccc3OC(F)(F)F)cc2[nH]1. The summed E-state index contributed by atoms with van der Waals surface area (Å²) in [7, 11) is 0. The number of imidazole rings is 1. The first kappa shape index (κ1) is 22.2. The lowest BCUT2D eigenvalue weighted by atomic mass is 9.93. The number of amides is 2. The lowest BCUT2D eigenvalue weighted by Gasteiger charge is -2.35. The fraction of sp³-hybridized carbons (Fsp3) is 0.0870. The Hall–Kier alpha value is -4.58. The Morgan fingerprint density at radius 2 is 1.83 bits per heavy atom. The lowest BCUT2D eigenvalue weighted by Crippen LogP contribution is -2.45. The minimum absolute atomic E-state index is 0.0841. The van der Waals surface area contributed by atoms with Gasteiger partial charge in [-0.05, 0) is 30.3 Å². The molecule has 4 aromatic rings. The maximum Gasteiger partial charge on any atom is 0.573 e. The molecular weight excluding hydrogens is 469 g/mol.